The van der Waals surface area contributed by atoms with Gasteiger partial charge in [0.25, 0.3) is 0 Å². The van der Waals surface area contributed by atoms with E-state index in [0.29, 0.717) is 16.3 Å². The molecule has 4 nitrogen and oxygen atoms in total. The average Bonchev–Trinajstić information content (AvgIpc) is 3.03. The molecule has 2 heterocycles. The van der Waals surface area contributed by atoms with E-state index in [1.54, 1.807) is 0 Å². The number of nitrogens with zero attached hydrogens (tertiary/aromatic N) is 2. The molecule has 1 aliphatic rings. The Morgan fingerprint density at radius 2 is 2.15 bits per heavy atom. The van der Waals surface area contributed by atoms with E-state index < -0.39 is 0 Å². The molecular weight excluding hydrogens is 386 g/mol. The first-order chi connectivity index (χ1) is 9.69. The van der Waals surface area contributed by atoms with Crippen LogP contribution in [0.2, 0.25) is 0 Å². The van der Waals surface area contributed by atoms with Crippen molar-refractivity contribution in [3.8, 4) is 11.6 Å². The molecular formula is C14H15Br2N3O. The Morgan fingerprint density at radius 3 is 2.85 bits per heavy atom. The highest BCUT2D eigenvalue weighted by Gasteiger charge is 2.21. The summed E-state index contributed by atoms with van der Waals surface area (Å²) in [5.41, 5.74) is 2.42. The predicted octanol–water partition coefficient (Wildman–Crippen LogP) is 4.57. The largest absolute Gasteiger partial charge is 0.445 e. The van der Waals surface area contributed by atoms with Crippen molar-refractivity contribution in [2.75, 3.05) is 11.9 Å². The molecule has 6 heteroatoms. The van der Waals surface area contributed by atoms with Crippen molar-refractivity contribution in [2.24, 2.45) is 0 Å². The SMILES string of the molecule is CCCNc1nc(-c2cc(Br)c(Br)o2)nc2c1CCC2. The van der Waals surface area contributed by atoms with Gasteiger partial charge in [-0.25, -0.2) is 9.97 Å². The Labute approximate surface area is 134 Å². The van der Waals surface area contributed by atoms with Crippen LogP contribution in [0.25, 0.3) is 11.6 Å². The number of halogens is 2. The van der Waals surface area contributed by atoms with Crippen molar-refractivity contribution in [3.63, 3.8) is 0 Å². The molecule has 0 aromatic carbocycles. The molecule has 0 radical (unpaired) electrons. The van der Waals surface area contributed by atoms with Crippen molar-refractivity contribution in [2.45, 2.75) is 32.6 Å². The zero-order valence-corrected chi connectivity index (χ0v) is 14.3. The van der Waals surface area contributed by atoms with Crippen molar-refractivity contribution in [1.29, 1.82) is 0 Å². The summed E-state index contributed by atoms with van der Waals surface area (Å²) >= 11 is 6.78. The molecule has 20 heavy (non-hydrogen) atoms. The van der Waals surface area contributed by atoms with Gasteiger partial charge >= 0.3 is 0 Å². The highest BCUT2D eigenvalue weighted by Crippen LogP contribution is 2.34. The molecule has 1 N–H and O–H groups in total. The van der Waals surface area contributed by atoms with E-state index in [2.05, 4.69) is 54.1 Å². The lowest BCUT2D eigenvalue weighted by atomic mass is 10.2. The van der Waals surface area contributed by atoms with Crippen LogP contribution >= 0.6 is 31.9 Å². The average molecular weight is 401 g/mol. The number of rotatable bonds is 4. The van der Waals surface area contributed by atoms with Crippen LogP contribution in [-0.4, -0.2) is 16.5 Å². The third-order valence-corrected chi connectivity index (χ3v) is 5.05. The van der Waals surface area contributed by atoms with Gasteiger partial charge in [0.1, 0.15) is 5.82 Å². The molecule has 0 saturated heterocycles. The van der Waals surface area contributed by atoms with E-state index in [-0.39, 0.29) is 0 Å². The molecule has 0 fully saturated rings. The second-order valence-electron chi connectivity index (χ2n) is 4.83. The number of aromatic nitrogens is 2. The van der Waals surface area contributed by atoms with Gasteiger partial charge < -0.3 is 9.73 Å². The molecule has 0 bridgehead atoms. The normalized spacial score (nSPS) is 13.6. The van der Waals surface area contributed by atoms with Crippen molar-refractivity contribution in [3.05, 3.63) is 26.5 Å². The molecule has 0 amide bonds. The third-order valence-electron chi connectivity index (χ3n) is 3.34. The Morgan fingerprint density at radius 1 is 1.30 bits per heavy atom. The summed E-state index contributed by atoms with van der Waals surface area (Å²) in [6, 6.07) is 1.89. The monoisotopic (exact) mass is 399 g/mol. The summed E-state index contributed by atoms with van der Waals surface area (Å²) in [4.78, 5) is 9.31. The number of hydrogen-bond acceptors (Lipinski definition) is 4. The quantitative estimate of drug-likeness (QED) is 0.816. The zero-order chi connectivity index (χ0) is 14.1. The topological polar surface area (TPSA) is 51.0 Å². The lowest BCUT2D eigenvalue weighted by Gasteiger charge is -2.10. The van der Waals surface area contributed by atoms with Gasteiger partial charge in [0.2, 0.25) is 0 Å². The van der Waals surface area contributed by atoms with Crippen LogP contribution in [0.4, 0.5) is 5.82 Å². The van der Waals surface area contributed by atoms with E-state index in [1.807, 2.05) is 6.07 Å². The predicted molar refractivity (Wildman–Crippen MR) is 85.9 cm³/mol. The van der Waals surface area contributed by atoms with Gasteiger partial charge in [0, 0.05) is 23.9 Å². The van der Waals surface area contributed by atoms with Gasteiger partial charge in [0.05, 0.1) is 4.47 Å². The first-order valence-electron chi connectivity index (χ1n) is 6.78. The number of nitrogens with one attached hydrogen (secondary N) is 1. The van der Waals surface area contributed by atoms with Crippen LogP contribution in [-0.2, 0) is 12.8 Å². The maximum atomic E-state index is 5.64. The summed E-state index contributed by atoms with van der Waals surface area (Å²) in [7, 11) is 0. The second kappa shape index (κ2) is 5.85. The molecule has 1 aliphatic carbocycles. The van der Waals surface area contributed by atoms with Crippen molar-refractivity contribution >= 4 is 37.7 Å². The molecule has 0 saturated carbocycles. The Hall–Kier alpha value is -0.880. The Bertz CT molecular complexity index is 620. The van der Waals surface area contributed by atoms with Gasteiger partial charge in [-0.15, -0.1) is 0 Å². The van der Waals surface area contributed by atoms with Crippen LogP contribution < -0.4 is 5.32 Å². The highest BCUT2D eigenvalue weighted by molar-refractivity contribution is 9.13. The van der Waals surface area contributed by atoms with E-state index in [9.17, 15) is 0 Å². The van der Waals surface area contributed by atoms with Crippen molar-refractivity contribution in [1.82, 2.24) is 9.97 Å². The zero-order valence-electron chi connectivity index (χ0n) is 11.2. The van der Waals surface area contributed by atoms with Gasteiger partial charge in [-0.3, -0.25) is 0 Å². The minimum atomic E-state index is 0.649. The van der Waals surface area contributed by atoms with Gasteiger partial charge in [-0.05, 0) is 57.5 Å². The van der Waals surface area contributed by atoms with Crippen LogP contribution in [0.1, 0.15) is 31.0 Å². The smallest absolute Gasteiger partial charge is 0.197 e. The first kappa shape index (κ1) is 14.1. The van der Waals surface area contributed by atoms with Gasteiger partial charge in [-0.2, -0.15) is 0 Å². The molecule has 0 aliphatic heterocycles. The summed E-state index contributed by atoms with van der Waals surface area (Å²) in [6.07, 6.45) is 4.31. The fourth-order valence-electron chi connectivity index (χ4n) is 2.39. The first-order valence-corrected chi connectivity index (χ1v) is 8.36. The molecule has 2 aromatic heterocycles. The summed E-state index contributed by atoms with van der Waals surface area (Å²) < 4.78 is 7.18. The molecule has 0 unspecified atom stereocenters. The van der Waals surface area contributed by atoms with Gasteiger partial charge in [-0.1, -0.05) is 6.92 Å². The maximum Gasteiger partial charge on any atom is 0.197 e. The fraction of sp³-hybridized carbons (Fsp3) is 0.429. The van der Waals surface area contributed by atoms with E-state index in [4.69, 9.17) is 4.42 Å². The molecule has 3 rings (SSSR count). The Kier molecular flexibility index (Phi) is 4.12. The molecule has 0 atom stereocenters. The minimum absolute atomic E-state index is 0.649. The second-order valence-corrected chi connectivity index (χ2v) is 6.41. The van der Waals surface area contributed by atoms with E-state index in [1.165, 1.54) is 5.56 Å². The summed E-state index contributed by atoms with van der Waals surface area (Å²) in [5.74, 6) is 2.29. The highest BCUT2D eigenvalue weighted by atomic mass is 79.9. The molecule has 2 aromatic rings. The molecule has 0 spiro atoms. The van der Waals surface area contributed by atoms with Crippen LogP contribution in [0, 0.1) is 0 Å². The lowest BCUT2D eigenvalue weighted by molar-refractivity contribution is 0.549. The molecule has 106 valence electrons. The number of anilines is 1. The minimum Gasteiger partial charge on any atom is -0.445 e. The summed E-state index contributed by atoms with van der Waals surface area (Å²) in [6.45, 7) is 3.07. The maximum absolute atomic E-state index is 5.64. The summed E-state index contributed by atoms with van der Waals surface area (Å²) in [5, 5.41) is 3.41. The van der Waals surface area contributed by atoms with Crippen LogP contribution in [0.3, 0.4) is 0 Å². The number of aryl methyl sites for hydroxylation is 1. The van der Waals surface area contributed by atoms with Gasteiger partial charge in [0.15, 0.2) is 16.3 Å². The van der Waals surface area contributed by atoms with Crippen LogP contribution in [0.5, 0.6) is 0 Å². The number of fused-ring (bicyclic) bond motifs is 1. The fourth-order valence-corrected chi connectivity index (χ4v) is 2.97. The standard InChI is InChI=1S/C14H15Br2N3O/c1-2-6-17-13-8-4-3-5-10(8)18-14(19-13)11-7-9(15)12(16)20-11/h7H,2-6H2,1H3,(H,17,18,19). The third kappa shape index (κ3) is 2.63. The number of furan rings is 1. The lowest BCUT2D eigenvalue weighted by Crippen LogP contribution is -2.07. The van der Waals surface area contributed by atoms with E-state index >= 15 is 0 Å². The number of hydrogen-bond donors (Lipinski definition) is 1. The Balaban J connectivity index is 2.03. The van der Waals surface area contributed by atoms with E-state index in [0.717, 1.165) is 48.2 Å². The van der Waals surface area contributed by atoms with Crippen molar-refractivity contribution < 1.29 is 4.42 Å². The van der Waals surface area contributed by atoms with Crippen LogP contribution in [0.15, 0.2) is 19.6 Å².